The van der Waals surface area contributed by atoms with Crippen LogP contribution in [-0.2, 0) is 9.53 Å². The number of aliphatic imine (C=N–C) groups is 1. The maximum absolute atomic E-state index is 12.1. The molecule has 2 heterocycles. The van der Waals surface area contributed by atoms with Crippen molar-refractivity contribution >= 4 is 40.1 Å². The maximum Gasteiger partial charge on any atom is 0.363 e. The molecule has 0 saturated carbocycles. The number of nitrogens with zero attached hydrogens (tertiary/aromatic N) is 1. The van der Waals surface area contributed by atoms with Crippen LogP contribution < -0.4 is 0 Å². The molecule has 0 aliphatic carbocycles. The fourth-order valence-corrected chi connectivity index (χ4v) is 3.45. The summed E-state index contributed by atoms with van der Waals surface area (Å²) >= 11 is 1.58. The quantitative estimate of drug-likeness (QED) is 0.513. The number of carbonyl (C=O) groups is 1. The van der Waals surface area contributed by atoms with Gasteiger partial charge in [-0.3, -0.25) is 0 Å². The van der Waals surface area contributed by atoms with Gasteiger partial charge in [0.1, 0.15) is 0 Å². The van der Waals surface area contributed by atoms with Crippen molar-refractivity contribution < 1.29 is 9.53 Å². The molecule has 0 radical (unpaired) electrons. The Bertz CT molecular complexity index is 976. The monoisotopic (exact) mass is 319 g/mol. The number of rotatable bonds is 2. The molecule has 0 amide bonds. The van der Waals surface area contributed by atoms with Crippen LogP contribution in [-0.4, -0.2) is 11.9 Å². The van der Waals surface area contributed by atoms with Crippen molar-refractivity contribution in [3.8, 4) is 0 Å². The van der Waals surface area contributed by atoms with Crippen molar-refractivity contribution in [1.82, 2.24) is 0 Å². The molecule has 2 aromatic carbocycles. The standard InChI is InChI=1S/C19H13NO2S/c1-12-9-10-23-17(12)11-16-19(21)22-18(20-16)15-8-4-6-13-5-2-3-7-14(13)15/h2-11H,1H3. The lowest BCUT2D eigenvalue weighted by atomic mass is 10.0. The molecule has 0 saturated heterocycles. The Labute approximate surface area is 137 Å². The Morgan fingerprint density at radius 3 is 2.74 bits per heavy atom. The van der Waals surface area contributed by atoms with E-state index in [4.69, 9.17) is 4.74 Å². The minimum absolute atomic E-state index is 0.346. The van der Waals surface area contributed by atoms with E-state index in [1.54, 1.807) is 17.4 Å². The maximum atomic E-state index is 12.1. The van der Waals surface area contributed by atoms with E-state index in [0.29, 0.717) is 11.6 Å². The van der Waals surface area contributed by atoms with Gasteiger partial charge in [0.25, 0.3) is 0 Å². The molecule has 4 rings (SSSR count). The number of esters is 1. The van der Waals surface area contributed by atoms with Crippen molar-refractivity contribution in [2.75, 3.05) is 0 Å². The zero-order valence-corrected chi connectivity index (χ0v) is 13.3. The van der Waals surface area contributed by atoms with E-state index in [0.717, 1.165) is 26.8 Å². The van der Waals surface area contributed by atoms with Crippen molar-refractivity contribution in [1.29, 1.82) is 0 Å². The van der Waals surface area contributed by atoms with E-state index in [1.807, 2.05) is 60.8 Å². The predicted molar refractivity (Wildman–Crippen MR) is 93.6 cm³/mol. The third-order valence-corrected chi connectivity index (χ3v) is 4.78. The Morgan fingerprint density at radius 2 is 1.91 bits per heavy atom. The molecule has 0 unspecified atom stereocenters. The van der Waals surface area contributed by atoms with Crippen LogP contribution in [0.4, 0.5) is 0 Å². The second-order valence-corrected chi connectivity index (χ2v) is 6.28. The Hall–Kier alpha value is -2.72. The lowest BCUT2D eigenvalue weighted by Crippen LogP contribution is -2.05. The summed E-state index contributed by atoms with van der Waals surface area (Å²) in [4.78, 5) is 17.6. The molecule has 1 aliphatic rings. The molecular formula is C19H13NO2S. The summed E-state index contributed by atoms with van der Waals surface area (Å²) in [5.74, 6) is -0.0343. The molecule has 3 nitrogen and oxygen atoms in total. The first-order valence-electron chi connectivity index (χ1n) is 7.27. The van der Waals surface area contributed by atoms with Crippen LogP contribution in [0.1, 0.15) is 16.0 Å². The van der Waals surface area contributed by atoms with Gasteiger partial charge in [0.2, 0.25) is 5.90 Å². The first kappa shape index (κ1) is 13.9. The van der Waals surface area contributed by atoms with Crippen molar-refractivity contribution in [3.05, 3.63) is 75.6 Å². The Morgan fingerprint density at radius 1 is 1.09 bits per heavy atom. The molecule has 0 atom stereocenters. The van der Waals surface area contributed by atoms with Crippen molar-refractivity contribution in [2.45, 2.75) is 6.92 Å². The predicted octanol–water partition coefficient (Wildman–Crippen LogP) is 4.55. The molecule has 3 aromatic rings. The second-order valence-electron chi connectivity index (χ2n) is 5.33. The molecule has 0 fully saturated rings. The second kappa shape index (κ2) is 5.48. The van der Waals surface area contributed by atoms with Crippen LogP contribution in [0, 0.1) is 6.92 Å². The minimum Gasteiger partial charge on any atom is -0.402 e. The van der Waals surface area contributed by atoms with E-state index < -0.39 is 5.97 Å². The van der Waals surface area contributed by atoms with Gasteiger partial charge in [-0.05, 0) is 46.8 Å². The van der Waals surface area contributed by atoms with Crippen LogP contribution in [0.15, 0.2) is 64.6 Å². The molecule has 0 spiro atoms. The molecule has 0 bridgehead atoms. The van der Waals surface area contributed by atoms with Crippen LogP contribution in [0.2, 0.25) is 0 Å². The lowest BCUT2D eigenvalue weighted by Gasteiger charge is -2.04. The molecule has 4 heteroatoms. The molecule has 1 aliphatic heterocycles. The number of ether oxygens (including phenoxy) is 1. The van der Waals surface area contributed by atoms with Crippen LogP contribution in [0.3, 0.4) is 0 Å². The molecule has 1 aromatic heterocycles. The number of hydrogen-bond donors (Lipinski definition) is 0. The topological polar surface area (TPSA) is 38.7 Å². The molecule has 112 valence electrons. The van der Waals surface area contributed by atoms with Crippen LogP contribution >= 0.6 is 11.3 Å². The summed E-state index contributed by atoms with van der Waals surface area (Å²) in [6, 6.07) is 15.9. The summed E-state index contributed by atoms with van der Waals surface area (Å²) in [7, 11) is 0. The van der Waals surface area contributed by atoms with Gasteiger partial charge in [-0.25, -0.2) is 9.79 Å². The van der Waals surface area contributed by atoms with Gasteiger partial charge in [-0.1, -0.05) is 36.4 Å². The average Bonchev–Trinajstić information content (AvgIpc) is 3.14. The van der Waals surface area contributed by atoms with Crippen LogP contribution in [0.5, 0.6) is 0 Å². The highest BCUT2D eigenvalue weighted by Gasteiger charge is 2.25. The third-order valence-electron chi connectivity index (χ3n) is 3.81. The number of cyclic esters (lactones) is 1. The number of hydrogen-bond acceptors (Lipinski definition) is 4. The number of aryl methyl sites for hydroxylation is 1. The van der Waals surface area contributed by atoms with Gasteiger partial charge in [0.15, 0.2) is 5.70 Å². The largest absolute Gasteiger partial charge is 0.402 e. The van der Waals surface area contributed by atoms with E-state index >= 15 is 0 Å². The Balaban J connectivity index is 1.81. The fraction of sp³-hybridized carbons (Fsp3) is 0.0526. The summed E-state index contributed by atoms with van der Waals surface area (Å²) in [6.45, 7) is 2.01. The number of carbonyl (C=O) groups excluding carboxylic acids is 1. The smallest absolute Gasteiger partial charge is 0.363 e. The third kappa shape index (κ3) is 2.47. The highest BCUT2D eigenvalue weighted by molar-refractivity contribution is 7.11. The molecule has 0 N–H and O–H groups in total. The Kier molecular flexibility index (Phi) is 3.32. The highest BCUT2D eigenvalue weighted by Crippen LogP contribution is 2.26. The number of benzene rings is 2. The summed E-state index contributed by atoms with van der Waals surface area (Å²) in [6.07, 6.45) is 1.79. The molecular weight excluding hydrogens is 306 g/mol. The summed E-state index contributed by atoms with van der Waals surface area (Å²) < 4.78 is 5.40. The zero-order valence-electron chi connectivity index (χ0n) is 12.4. The van der Waals surface area contributed by atoms with Gasteiger partial charge >= 0.3 is 5.97 Å². The highest BCUT2D eigenvalue weighted by atomic mass is 32.1. The van der Waals surface area contributed by atoms with Gasteiger partial charge in [0, 0.05) is 10.4 Å². The first-order valence-corrected chi connectivity index (χ1v) is 8.15. The SMILES string of the molecule is Cc1ccsc1C=C1N=C(c2cccc3ccccc23)OC1=O. The van der Waals surface area contributed by atoms with E-state index in [9.17, 15) is 4.79 Å². The normalized spacial score (nSPS) is 16.0. The first-order chi connectivity index (χ1) is 11.2. The fourth-order valence-electron chi connectivity index (χ4n) is 2.59. The van der Waals surface area contributed by atoms with Gasteiger partial charge in [-0.2, -0.15) is 0 Å². The van der Waals surface area contributed by atoms with E-state index in [-0.39, 0.29) is 0 Å². The zero-order chi connectivity index (χ0) is 15.8. The van der Waals surface area contributed by atoms with Crippen LogP contribution in [0.25, 0.3) is 16.8 Å². The van der Waals surface area contributed by atoms with E-state index in [2.05, 4.69) is 4.99 Å². The average molecular weight is 319 g/mol. The minimum atomic E-state index is -0.402. The number of fused-ring (bicyclic) bond motifs is 1. The van der Waals surface area contributed by atoms with Gasteiger partial charge < -0.3 is 4.74 Å². The van der Waals surface area contributed by atoms with Gasteiger partial charge in [-0.15, -0.1) is 11.3 Å². The van der Waals surface area contributed by atoms with E-state index in [1.165, 1.54) is 0 Å². The van der Waals surface area contributed by atoms with Crippen molar-refractivity contribution in [3.63, 3.8) is 0 Å². The summed E-state index contributed by atoms with van der Waals surface area (Å²) in [5.41, 5.74) is 2.31. The number of thiophene rings is 1. The molecule has 23 heavy (non-hydrogen) atoms. The van der Waals surface area contributed by atoms with Gasteiger partial charge in [0.05, 0.1) is 0 Å². The van der Waals surface area contributed by atoms with Crippen molar-refractivity contribution in [2.24, 2.45) is 4.99 Å². The summed E-state index contributed by atoms with van der Waals surface area (Å²) in [5, 5.41) is 4.11. The lowest BCUT2D eigenvalue weighted by molar-refractivity contribution is -0.129.